The Kier molecular flexibility index (Phi) is 3.75. The number of halogens is 3. The van der Waals surface area contributed by atoms with Crippen LogP contribution in [-0.4, -0.2) is 30.2 Å². The number of nitrogens with one attached hydrogen (secondary N) is 1. The molecule has 1 aromatic heterocycles. The highest BCUT2D eigenvalue weighted by Gasteiger charge is 2.41. The number of pyridine rings is 1. The minimum absolute atomic E-state index is 0.132. The van der Waals surface area contributed by atoms with Crippen molar-refractivity contribution in [2.45, 2.75) is 19.5 Å². The Hall–Kier alpha value is -1.63. The van der Waals surface area contributed by atoms with Crippen LogP contribution in [0.3, 0.4) is 0 Å². The Labute approximate surface area is 108 Å². The van der Waals surface area contributed by atoms with Crippen LogP contribution < -0.4 is 10.1 Å². The summed E-state index contributed by atoms with van der Waals surface area (Å²) in [6.45, 7) is 3.25. The fourth-order valence-electron chi connectivity index (χ4n) is 1.75. The molecule has 1 aliphatic heterocycles. The van der Waals surface area contributed by atoms with Gasteiger partial charge in [-0.1, -0.05) is 0 Å². The first-order valence-electron chi connectivity index (χ1n) is 5.81. The number of esters is 1. The maximum absolute atomic E-state index is 12.1. The molecule has 1 aliphatic rings. The van der Waals surface area contributed by atoms with Crippen LogP contribution in [0.25, 0.3) is 0 Å². The first-order valence-corrected chi connectivity index (χ1v) is 5.81. The molecule has 0 unspecified atom stereocenters. The number of aromatic nitrogens is 1. The molecule has 0 atom stereocenters. The van der Waals surface area contributed by atoms with E-state index >= 15 is 0 Å². The van der Waals surface area contributed by atoms with E-state index in [-0.39, 0.29) is 11.4 Å². The summed E-state index contributed by atoms with van der Waals surface area (Å²) in [5, 5.41) is 3.11. The second-order valence-corrected chi connectivity index (χ2v) is 4.54. The Bertz CT molecular complexity index is 484. The molecule has 104 valence electrons. The molecule has 1 aromatic rings. The molecule has 1 saturated heterocycles. The van der Waals surface area contributed by atoms with Crippen molar-refractivity contribution in [1.82, 2.24) is 10.3 Å². The number of hydrogen-bond donors (Lipinski definition) is 1. The van der Waals surface area contributed by atoms with Crippen molar-refractivity contribution in [3.8, 4) is 5.75 Å². The molecular weight excluding hydrogens is 261 g/mol. The molecule has 0 saturated carbocycles. The lowest BCUT2D eigenvalue weighted by atomic mass is 9.95. The molecule has 0 aliphatic carbocycles. The second kappa shape index (κ2) is 5.16. The lowest BCUT2D eigenvalue weighted by molar-refractivity contribution is -0.189. The number of rotatable bonds is 3. The summed E-state index contributed by atoms with van der Waals surface area (Å²) in [4.78, 5) is 14.8. The van der Waals surface area contributed by atoms with E-state index in [9.17, 15) is 18.0 Å². The van der Waals surface area contributed by atoms with Crippen LogP contribution >= 0.6 is 0 Å². The zero-order chi connectivity index (χ0) is 14.0. The zero-order valence-electron chi connectivity index (χ0n) is 10.3. The number of carbonyl (C=O) groups excluding carboxylic acids is 1. The van der Waals surface area contributed by atoms with Crippen molar-refractivity contribution < 1.29 is 22.7 Å². The van der Waals surface area contributed by atoms with Crippen molar-refractivity contribution in [2.24, 2.45) is 5.92 Å². The van der Waals surface area contributed by atoms with Gasteiger partial charge in [0.05, 0.1) is 5.69 Å². The quantitative estimate of drug-likeness (QED) is 0.851. The number of ether oxygens (including phenoxy) is 1. The van der Waals surface area contributed by atoms with E-state index in [1.807, 2.05) is 0 Å². The van der Waals surface area contributed by atoms with Crippen LogP contribution in [0, 0.1) is 12.8 Å². The molecule has 1 N–H and O–H groups in total. The summed E-state index contributed by atoms with van der Waals surface area (Å²) in [6, 6.07) is 1.45. The lowest BCUT2D eigenvalue weighted by Gasteiger charge is -2.27. The molecule has 0 radical (unpaired) electrons. The van der Waals surface area contributed by atoms with Gasteiger partial charge in [-0.2, -0.15) is 13.2 Å². The monoisotopic (exact) mass is 274 g/mol. The maximum atomic E-state index is 12.1. The number of alkyl halides is 3. The van der Waals surface area contributed by atoms with Gasteiger partial charge in [0.2, 0.25) is 0 Å². The van der Waals surface area contributed by atoms with Gasteiger partial charge >= 0.3 is 12.1 Å². The predicted molar refractivity (Wildman–Crippen MR) is 60.7 cm³/mol. The third kappa shape index (κ3) is 3.44. The number of aryl methyl sites for hydroxylation is 1. The van der Waals surface area contributed by atoms with Crippen molar-refractivity contribution >= 4 is 5.97 Å². The summed E-state index contributed by atoms with van der Waals surface area (Å²) in [5.41, 5.74) is 1.02. The van der Waals surface area contributed by atoms with Crippen LogP contribution in [-0.2, 0) is 11.2 Å². The Balaban J connectivity index is 2.10. The SMILES string of the molecule is Cc1ncc(CC2CNC2)cc1OC(=O)C(F)(F)F. The van der Waals surface area contributed by atoms with Crippen LogP contribution in [0.5, 0.6) is 5.75 Å². The molecule has 0 bridgehead atoms. The van der Waals surface area contributed by atoms with E-state index in [4.69, 9.17) is 0 Å². The molecule has 2 rings (SSSR count). The van der Waals surface area contributed by atoms with E-state index < -0.39 is 12.1 Å². The average molecular weight is 274 g/mol. The predicted octanol–water partition coefficient (Wildman–Crippen LogP) is 1.62. The molecule has 7 heteroatoms. The van der Waals surface area contributed by atoms with Gasteiger partial charge in [-0.25, -0.2) is 4.79 Å². The standard InChI is InChI=1S/C12H13F3N2O2/c1-7-10(19-11(18)12(13,14)15)3-8(6-17-7)2-9-4-16-5-9/h3,6,9,16H,2,4-5H2,1H3. The third-order valence-corrected chi connectivity index (χ3v) is 2.92. The van der Waals surface area contributed by atoms with Crippen molar-refractivity contribution in [2.75, 3.05) is 13.1 Å². The minimum Gasteiger partial charge on any atom is -0.418 e. The molecule has 0 aromatic carbocycles. The molecule has 4 nitrogen and oxygen atoms in total. The van der Waals surface area contributed by atoms with Crippen molar-refractivity contribution in [3.63, 3.8) is 0 Å². The van der Waals surface area contributed by atoms with E-state index in [1.54, 1.807) is 6.20 Å². The molecule has 0 spiro atoms. The molecule has 2 heterocycles. The fraction of sp³-hybridized carbons (Fsp3) is 0.500. The number of hydrogen-bond acceptors (Lipinski definition) is 4. The molecular formula is C12H13F3N2O2. The van der Waals surface area contributed by atoms with E-state index in [0.717, 1.165) is 18.7 Å². The summed E-state index contributed by atoms with van der Waals surface area (Å²) >= 11 is 0. The van der Waals surface area contributed by atoms with Gasteiger partial charge in [0.15, 0.2) is 5.75 Å². The maximum Gasteiger partial charge on any atom is 0.491 e. The zero-order valence-corrected chi connectivity index (χ0v) is 10.3. The summed E-state index contributed by atoms with van der Waals surface area (Å²) < 4.78 is 40.8. The molecule has 1 fully saturated rings. The molecule has 0 amide bonds. The Morgan fingerprint density at radius 2 is 2.21 bits per heavy atom. The van der Waals surface area contributed by atoms with Gasteiger partial charge in [-0.05, 0) is 44.0 Å². The van der Waals surface area contributed by atoms with Crippen molar-refractivity contribution in [3.05, 3.63) is 23.5 Å². The van der Waals surface area contributed by atoms with E-state index in [1.165, 1.54) is 13.0 Å². The largest absolute Gasteiger partial charge is 0.491 e. The first kappa shape index (κ1) is 13.8. The highest BCUT2D eigenvalue weighted by atomic mass is 19.4. The highest BCUT2D eigenvalue weighted by Crippen LogP contribution is 2.24. The van der Waals surface area contributed by atoms with Gasteiger partial charge in [-0.3, -0.25) is 4.98 Å². The Morgan fingerprint density at radius 3 is 2.74 bits per heavy atom. The number of carbonyl (C=O) groups is 1. The van der Waals surface area contributed by atoms with Crippen LogP contribution in [0.2, 0.25) is 0 Å². The van der Waals surface area contributed by atoms with Crippen LogP contribution in [0.1, 0.15) is 11.3 Å². The minimum atomic E-state index is -5.00. The molecule has 19 heavy (non-hydrogen) atoms. The third-order valence-electron chi connectivity index (χ3n) is 2.92. The van der Waals surface area contributed by atoms with Gasteiger partial charge in [0.25, 0.3) is 0 Å². The normalized spacial score (nSPS) is 16.0. The van der Waals surface area contributed by atoms with Gasteiger partial charge in [-0.15, -0.1) is 0 Å². The van der Waals surface area contributed by atoms with Gasteiger partial charge in [0, 0.05) is 6.20 Å². The van der Waals surface area contributed by atoms with Crippen LogP contribution in [0.15, 0.2) is 12.3 Å². The summed E-state index contributed by atoms with van der Waals surface area (Å²) in [5.74, 6) is -1.90. The van der Waals surface area contributed by atoms with Gasteiger partial charge in [0.1, 0.15) is 0 Å². The summed E-state index contributed by atoms with van der Waals surface area (Å²) in [6.07, 6.45) is -2.70. The number of nitrogens with zero attached hydrogens (tertiary/aromatic N) is 1. The topological polar surface area (TPSA) is 51.2 Å². The lowest BCUT2D eigenvalue weighted by Crippen LogP contribution is -2.43. The van der Waals surface area contributed by atoms with E-state index in [2.05, 4.69) is 15.0 Å². The smallest absolute Gasteiger partial charge is 0.418 e. The Morgan fingerprint density at radius 1 is 1.53 bits per heavy atom. The first-order chi connectivity index (χ1) is 8.86. The van der Waals surface area contributed by atoms with Gasteiger partial charge < -0.3 is 10.1 Å². The summed E-state index contributed by atoms with van der Waals surface area (Å²) in [7, 11) is 0. The highest BCUT2D eigenvalue weighted by molar-refractivity contribution is 5.78. The second-order valence-electron chi connectivity index (χ2n) is 4.54. The average Bonchev–Trinajstić information content (AvgIpc) is 2.26. The van der Waals surface area contributed by atoms with Crippen LogP contribution in [0.4, 0.5) is 13.2 Å². The van der Waals surface area contributed by atoms with E-state index in [0.29, 0.717) is 12.3 Å². The fourth-order valence-corrected chi connectivity index (χ4v) is 1.75. The van der Waals surface area contributed by atoms with Crippen molar-refractivity contribution in [1.29, 1.82) is 0 Å².